The standard InChI is InChI=1S/C13H30O9P2.2K.2H/c1-7-15-23(16-8-2,17-9-3)21-13(14)22-24(18-10-4,19-11-5)20-12-6;;;;/h7-12H2,1-6H3;;;;/q+2;2*+1;2*-1. The number of hydrogen-bond acceptors (Lipinski definition) is 9. The van der Waals surface area contributed by atoms with Gasteiger partial charge in [0.25, 0.3) is 0 Å². The molecule has 0 aromatic carbocycles. The largest absolute Gasteiger partial charge is 1.00 e. The van der Waals surface area contributed by atoms with E-state index < -0.39 is 22.5 Å². The molecule has 0 amide bonds. The van der Waals surface area contributed by atoms with Gasteiger partial charge in [-0.15, -0.1) is 27.1 Å². The van der Waals surface area contributed by atoms with Crippen molar-refractivity contribution in [2.45, 2.75) is 41.5 Å². The van der Waals surface area contributed by atoms with Crippen LogP contribution in [0.25, 0.3) is 0 Å². The fraction of sp³-hybridized carbons (Fsp3) is 0.923. The molecule has 0 rings (SSSR count). The minimum atomic E-state index is -3.32. The molecular formula is C13H32K2O9P2+2. The molecule has 0 atom stereocenters. The van der Waals surface area contributed by atoms with Crippen molar-refractivity contribution in [3.8, 4) is 0 Å². The fourth-order valence-electron chi connectivity index (χ4n) is 1.53. The van der Waals surface area contributed by atoms with Crippen LogP contribution in [0.4, 0.5) is 4.79 Å². The molecule has 0 saturated carbocycles. The third kappa shape index (κ3) is 13.5. The predicted octanol–water partition coefficient (Wildman–Crippen LogP) is -1.05. The van der Waals surface area contributed by atoms with E-state index in [1.165, 1.54) is 0 Å². The molecule has 0 saturated heterocycles. The Kier molecular flexibility index (Phi) is 26.1. The molecule has 0 bridgehead atoms. The molecule has 0 radical (unpaired) electrons. The van der Waals surface area contributed by atoms with Gasteiger partial charge in [-0.05, 0) is 41.5 Å². The Morgan fingerprint density at radius 1 is 0.577 bits per heavy atom. The van der Waals surface area contributed by atoms with E-state index in [1.54, 1.807) is 41.5 Å². The predicted molar refractivity (Wildman–Crippen MR) is 93.4 cm³/mol. The minimum Gasteiger partial charge on any atom is -1.00 e. The van der Waals surface area contributed by atoms with Gasteiger partial charge in [-0.3, -0.25) is 0 Å². The summed E-state index contributed by atoms with van der Waals surface area (Å²) in [5, 5.41) is 0. The summed E-state index contributed by atoms with van der Waals surface area (Å²) in [6.45, 7) is 11.9. The minimum absolute atomic E-state index is 0. The summed E-state index contributed by atoms with van der Waals surface area (Å²) in [6.07, 6.45) is -1.10. The molecule has 0 aromatic heterocycles. The van der Waals surface area contributed by atoms with Gasteiger partial charge in [0, 0.05) is 0 Å². The van der Waals surface area contributed by atoms with Crippen LogP contribution < -0.4 is 103 Å². The Morgan fingerprint density at radius 3 is 0.923 bits per heavy atom. The smallest absolute Gasteiger partial charge is 1.00 e. The van der Waals surface area contributed by atoms with Crippen LogP contribution in [0.5, 0.6) is 0 Å². The van der Waals surface area contributed by atoms with Crippen molar-refractivity contribution < 1.29 is 147 Å². The van der Waals surface area contributed by atoms with Crippen LogP contribution in [0.3, 0.4) is 0 Å². The van der Waals surface area contributed by atoms with Crippen LogP contribution in [0.15, 0.2) is 0 Å². The van der Waals surface area contributed by atoms with Crippen LogP contribution in [-0.2, 0) is 36.2 Å². The van der Waals surface area contributed by atoms with E-state index in [0.29, 0.717) is 0 Å². The Hall–Kier alpha value is 3.16. The molecule has 0 N–H and O–H groups in total. The Bertz CT molecular complexity index is 300. The first kappa shape index (κ1) is 33.8. The van der Waals surface area contributed by atoms with Gasteiger partial charge in [0.1, 0.15) is 0 Å². The Labute approximate surface area is 246 Å². The summed E-state index contributed by atoms with van der Waals surface area (Å²) in [6, 6.07) is 0. The topological polar surface area (TPSA) is 90.9 Å². The molecule has 0 fully saturated rings. The van der Waals surface area contributed by atoms with Gasteiger partial charge in [0.05, 0.1) is 39.6 Å². The zero-order chi connectivity index (χ0) is 18.5. The molecule has 0 spiro atoms. The summed E-state index contributed by atoms with van der Waals surface area (Å²) in [5.41, 5.74) is 0. The van der Waals surface area contributed by atoms with Crippen LogP contribution >= 0.6 is 16.3 Å². The maximum absolute atomic E-state index is 12.3. The first-order valence-electron chi connectivity index (χ1n) is 8.05. The maximum Gasteiger partial charge on any atom is 1.00 e. The Morgan fingerprint density at radius 2 is 0.769 bits per heavy atom. The first-order valence-corrected chi connectivity index (χ1v) is 11.0. The molecule has 0 unspecified atom stereocenters. The van der Waals surface area contributed by atoms with Gasteiger partial charge in [-0.1, -0.05) is 0 Å². The van der Waals surface area contributed by atoms with Crippen molar-refractivity contribution in [2.75, 3.05) is 39.6 Å². The fourth-order valence-corrected chi connectivity index (χ4v) is 4.69. The van der Waals surface area contributed by atoms with Gasteiger partial charge in [0.15, 0.2) is 0 Å². The van der Waals surface area contributed by atoms with Crippen LogP contribution in [0.1, 0.15) is 44.4 Å². The zero-order valence-electron chi connectivity index (χ0n) is 19.3. The third-order valence-electron chi connectivity index (χ3n) is 2.10. The van der Waals surface area contributed by atoms with E-state index in [1.807, 2.05) is 0 Å². The second-order valence-corrected chi connectivity index (χ2v) is 7.54. The number of carbonyl (C=O) groups is 1. The zero-order valence-corrected chi connectivity index (χ0v) is 25.3. The van der Waals surface area contributed by atoms with E-state index in [9.17, 15) is 4.79 Å². The molecule has 0 aliphatic heterocycles. The van der Waals surface area contributed by atoms with Crippen molar-refractivity contribution in [1.29, 1.82) is 0 Å². The molecule has 0 heterocycles. The molecular weight excluding hydrogens is 440 g/mol. The van der Waals surface area contributed by atoms with Crippen molar-refractivity contribution in [3.63, 3.8) is 0 Å². The van der Waals surface area contributed by atoms with Crippen LogP contribution in [-0.4, -0.2) is 45.8 Å². The second kappa shape index (κ2) is 20.1. The van der Waals surface area contributed by atoms with Crippen molar-refractivity contribution in [1.82, 2.24) is 0 Å². The van der Waals surface area contributed by atoms with Crippen LogP contribution in [0, 0.1) is 0 Å². The van der Waals surface area contributed by atoms with Gasteiger partial charge in [0.2, 0.25) is 0 Å². The molecule has 26 heavy (non-hydrogen) atoms. The molecule has 0 aromatic rings. The number of carbonyl (C=O) groups excluding carboxylic acids is 1. The van der Waals surface area contributed by atoms with Gasteiger partial charge in [-0.2, -0.15) is 13.8 Å². The third-order valence-corrected chi connectivity index (χ3v) is 6.29. The normalized spacial score (nSPS) is 11.3. The molecule has 13 heteroatoms. The van der Waals surface area contributed by atoms with E-state index in [4.69, 9.17) is 36.2 Å². The SMILES string of the molecule is CCO[P+](OCC)(OCC)OC(=O)O[P+](OCC)(OCC)OCC.[H-].[H-].[K+].[K+]. The average molecular weight is 473 g/mol. The monoisotopic (exact) mass is 472 g/mol. The number of hydrogen-bond donors (Lipinski definition) is 0. The number of rotatable bonds is 14. The second-order valence-electron chi connectivity index (χ2n) is 3.83. The molecule has 0 aliphatic rings. The van der Waals surface area contributed by atoms with E-state index in [2.05, 4.69) is 0 Å². The molecule has 9 nitrogen and oxygen atoms in total. The van der Waals surface area contributed by atoms with Crippen molar-refractivity contribution in [3.05, 3.63) is 0 Å². The maximum atomic E-state index is 12.3. The van der Waals surface area contributed by atoms with E-state index >= 15 is 0 Å². The van der Waals surface area contributed by atoms with Crippen LogP contribution in [0.2, 0.25) is 0 Å². The van der Waals surface area contributed by atoms with E-state index in [0.717, 1.165) is 0 Å². The quantitative estimate of drug-likeness (QED) is 0.232. The van der Waals surface area contributed by atoms with Crippen molar-refractivity contribution >= 4 is 22.5 Å². The van der Waals surface area contributed by atoms with Gasteiger partial charge in [-0.25, -0.2) is 0 Å². The molecule has 0 aliphatic carbocycles. The van der Waals surface area contributed by atoms with Crippen molar-refractivity contribution in [2.24, 2.45) is 0 Å². The summed E-state index contributed by atoms with van der Waals surface area (Å²) in [5.74, 6) is 0. The molecule has 148 valence electrons. The first-order chi connectivity index (χ1) is 11.5. The summed E-state index contributed by atoms with van der Waals surface area (Å²) in [7, 11) is -6.64. The van der Waals surface area contributed by atoms with Gasteiger partial charge < -0.3 is 2.85 Å². The average Bonchev–Trinajstić information content (AvgIpc) is 2.48. The summed E-state index contributed by atoms with van der Waals surface area (Å²) < 4.78 is 42.9. The Balaban J connectivity index is -0.000000441. The van der Waals surface area contributed by atoms with E-state index in [-0.39, 0.29) is 145 Å². The summed E-state index contributed by atoms with van der Waals surface area (Å²) in [4.78, 5) is 12.3. The summed E-state index contributed by atoms with van der Waals surface area (Å²) >= 11 is 0. The van der Waals surface area contributed by atoms with Gasteiger partial charge >= 0.3 is 125 Å².